The molecule has 2 fully saturated rings. The van der Waals surface area contributed by atoms with Gasteiger partial charge in [0.05, 0.1) is 11.8 Å². The van der Waals surface area contributed by atoms with Crippen molar-refractivity contribution < 1.29 is 58.4 Å². The maximum Gasteiger partial charge on any atom is 0.438 e. The van der Waals surface area contributed by atoms with E-state index in [-0.39, 0.29) is 12.8 Å². The van der Waals surface area contributed by atoms with Gasteiger partial charge in [0, 0.05) is 0 Å². The van der Waals surface area contributed by atoms with Gasteiger partial charge in [0.2, 0.25) is 0 Å². The van der Waals surface area contributed by atoms with Gasteiger partial charge in [-0.3, -0.25) is 14.1 Å². The summed E-state index contributed by atoms with van der Waals surface area (Å²) < 4.78 is 120. The number of hydrogen-bond donors (Lipinski definition) is 1. The molecule has 2 aliphatic rings. The number of esters is 2. The summed E-state index contributed by atoms with van der Waals surface area (Å²) in [6, 6.07) is 0. The van der Waals surface area contributed by atoms with E-state index in [1.165, 1.54) is 20.8 Å². The average molecular weight is 484 g/mol. The lowest BCUT2D eigenvalue weighted by Gasteiger charge is -2.38. The number of halogens is 6. The first kappa shape index (κ1) is 25.7. The Morgan fingerprint density at radius 2 is 1.26 bits per heavy atom. The van der Waals surface area contributed by atoms with E-state index < -0.39 is 75.0 Å². The smallest absolute Gasteiger partial charge is 0.438 e. The van der Waals surface area contributed by atoms with Crippen LogP contribution in [-0.4, -0.2) is 54.2 Å². The Bertz CT molecular complexity index is 813. The van der Waals surface area contributed by atoms with Gasteiger partial charge < -0.3 is 9.47 Å². The van der Waals surface area contributed by atoms with Gasteiger partial charge in [0.1, 0.15) is 11.4 Å². The molecular formula is C17H22F6O7S. The van der Waals surface area contributed by atoms with Gasteiger partial charge in [-0.25, -0.2) is 0 Å². The van der Waals surface area contributed by atoms with E-state index in [9.17, 15) is 44.3 Å². The lowest BCUT2D eigenvalue weighted by molar-refractivity contribution is -0.362. The Hall–Kier alpha value is -1.57. The zero-order valence-corrected chi connectivity index (χ0v) is 17.5. The van der Waals surface area contributed by atoms with Crippen LogP contribution in [0.1, 0.15) is 40.0 Å². The molecule has 4 atom stereocenters. The third kappa shape index (κ3) is 5.26. The Labute approximate surface area is 174 Å². The Kier molecular flexibility index (Phi) is 6.45. The molecule has 1 N–H and O–H groups in total. The molecule has 0 heterocycles. The Morgan fingerprint density at radius 3 is 1.58 bits per heavy atom. The molecule has 14 heteroatoms. The number of rotatable bonds is 5. The summed E-state index contributed by atoms with van der Waals surface area (Å²) in [5.74, 6) is -10.1. The normalized spacial score (nSPS) is 27.3. The Balaban J connectivity index is 2.45. The predicted octanol–water partition coefficient (Wildman–Crippen LogP) is 3.28. The molecule has 2 bridgehead atoms. The summed E-state index contributed by atoms with van der Waals surface area (Å²) in [6.07, 6.45) is -11.9. The van der Waals surface area contributed by atoms with E-state index >= 15 is 0 Å². The van der Waals surface area contributed by atoms with Crippen molar-refractivity contribution >= 4 is 22.1 Å². The van der Waals surface area contributed by atoms with Crippen LogP contribution in [0.15, 0.2) is 0 Å². The second-order valence-electron chi connectivity index (χ2n) is 8.89. The number of alkyl halides is 6. The fourth-order valence-electron chi connectivity index (χ4n) is 4.31. The van der Waals surface area contributed by atoms with Crippen LogP contribution in [-0.2, 0) is 29.2 Å². The molecule has 0 aromatic heterocycles. The van der Waals surface area contributed by atoms with Crippen LogP contribution in [0.2, 0.25) is 0 Å². The molecule has 0 spiro atoms. The van der Waals surface area contributed by atoms with Crippen molar-refractivity contribution in [2.24, 2.45) is 23.7 Å². The van der Waals surface area contributed by atoms with E-state index in [4.69, 9.17) is 9.29 Å². The van der Waals surface area contributed by atoms with Crippen LogP contribution >= 0.6 is 0 Å². The zero-order valence-electron chi connectivity index (χ0n) is 16.7. The van der Waals surface area contributed by atoms with Crippen molar-refractivity contribution in [3.05, 3.63) is 0 Å². The number of hydrogen-bond acceptors (Lipinski definition) is 6. The summed E-state index contributed by atoms with van der Waals surface area (Å²) in [5.41, 5.74) is -6.52. The number of ether oxygens (including phenoxy) is 2. The minimum absolute atomic E-state index is 0.201. The summed E-state index contributed by atoms with van der Waals surface area (Å²) in [4.78, 5) is 25.1. The van der Waals surface area contributed by atoms with E-state index in [0.717, 1.165) is 0 Å². The fraction of sp³-hybridized carbons (Fsp3) is 0.882. The van der Waals surface area contributed by atoms with Gasteiger partial charge >= 0.3 is 29.9 Å². The van der Waals surface area contributed by atoms with Gasteiger partial charge in [-0.05, 0) is 51.9 Å². The van der Waals surface area contributed by atoms with Gasteiger partial charge in [-0.2, -0.15) is 34.8 Å². The van der Waals surface area contributed by atoms with Crippen LogP contribution in [0.4, 0.5) is 26.3 Å². The van der Waals surface area contributed by atoms with E-state index in [0.29, 0.717) is 6.42 Å². The molecular weight excluding hydrogens is 462 g/mol. The molecule has 180 valence electrons. The second kappa shape index (κ2) is 7.78. The molecule has 0 aromatic carbocycles. The van der Waals surface area contributed by atoms with Gasteiger partial charge in [0.15, 0.2) is 0 Å². The van der Waals surface area contributed by atoms with Crippen LogP contribution in [0.5, 0.6) is 0 Å². The molecule has 0 aromatic rings. The van der Waals surface area contributed by atoms with Crippen LogP contribution < -0.4 is 0 Å². The first-order valence-electron chi connectivity index (χ1n) is 9.23. The highest BCUT2D eigenvalue weighted by Gasteiger charge is 2.76. The second-order valence-corrected chi connectivity index (χ2v) is 10.3. The topological polar surface area (TPSA) is 107 Å². The van der Waals surface area contributed by atoms with E-state index in [1.807, 2.05) is 0 Å². The highest BCUT2D eigenvalue weighted by Crippen LogP contribution is 2.55. The largest absolute Gasteiger partial charge is 0.460 e. The highest BCUT2D eigenvalue weighted by molar-refractivity contribution is 7.85. The van der Waals surface area contributed by atoms with Crippen LogP contribution in [0.25, 0.3) is 0 Å². The minimum atomic E-state index is -6.42. The monoisotopic (exact) mass is 484 g/mol. The molecule has 0 radical (unpaired) electrons. The molecule has 0 saturated heterocycles. The van der Waals surface area contributed by atoms with Crippen molar-refractivity contribution in [1.82, 2.24) is 0 Å². The lowest BCUT2D eigenvalue weighted by atomic mass is 9.79. The van der Waals surface area contributed by atoms with Crippen molar-refractivity contribution in [2.45, 2.75) is 63.6 Å². The number of fused-ring (bicyclic) bond motifs is 2. The van der Waals surface area contributed by atoms with E-state index in [2.05, 4.69) is 4.74 Å². The third-order valence-corrected chi connectivity index (χ3v) is 6.22. The van der Waals surface area contributed by atoms with Crippen molar-refractivity contribution in [3.63, 3.8) is 0 Å². The van der Waals surface area contributed by atoms with Gasteiger partial charge in [-0.1, -0.05) is 0 Å². The van der Waals surface area contributed by atoms with Gasteiger partial charge in [0.25, 0.3) is 10.1 Å². The number of carbonyl (C=O) groups excluding carboxylic acids is 2. The molecule has 7 nitrogen and oxygen atoms in total. The standard InChI is InChI=1S/C17H22F6O7S/c1-14(2,3)29-12(24)10-8-4-5-9(6-8)11(10)13(25)30-15(16(18,19)20,17(21,22)23)7-31(26,27)28/h8-11H,4-7H2,1-3H3,(H,26,27,28). The van der Waals surface area contributed by atoms with Crippen molar-refractivity contribution in [2.75, 3.05) is 5.75 Å². The molecule has 4 unspecified atom stereocenters. The van der Waals surface area contributed by atoms with Crippen molar-refractivity contribution in [1.29, 1.82) is 0 Å². The lowest BCUT2D eigenvalue weighted by Crippen LogP contribution is -2.64. The molecule has 2 saturated carbocycles. The van der Waals surface area contributed by atoms with Crippen molar-refractivity contribution in [3.8, 4) is 0 Å². The van der Waals surface area contributed by atoms with E-state index in [1.54, 1.807) is 0 Å². The average Bonchev–Trinajstić information content (AvgIpc) is 3.09. The minimum Gasteiger partial charge on any atom is -0.460 e. The fourth-order valence-corrected chi connectivity index (χ4v) is 5.21. The molecule has 31 heavy (non-hydrogen) atoms. The van der Waals surface area contributed by atoms with Crippen LogP contribution in [0.3, 0.4) is 0 Å². The predicted molar refractivity (Wildman–Crippen MR) is 91.0 cm³/mol. The zero-order chi connectivity index (χ0) is 24.2. The van der Waals surface area contributed by atoms with Crippen LogP contribution in [0, 0.1) is 23.7 Å². The first-order valence-corrected chi connectivity index (χ1v) is 10.8. The Morgan fingerprint density at radius 1 is 0.871 bits per heavy atom. The molecule has 2 rings (SSSR count). The summed E-state index contributed by atoms with van der Waals surface area (Å²) >= 11 is 0. The van der Waals surface area contributed by atoms with Gasteiger partial charge in [-0.15, -0.1) is 0 Å². The molecule has 0 amide bonds. The third-order valence-electron chi connectivity index (χ3n) is 5.44. The summed E-state index contributed by atoms with van der Waals surface area (Å²) in [6.45, 7) is 4.49. The molecule has 0 aliphatic heterocycles. The highest BCUT2D eigenvalue weighted by atomic mass is 32.2. The quantitative estimate of drug-likeness (QED) is 0.363. The summed E-state index contributed by atoms with van der Waals surface area (Å²) in [7, 11) is -5.89. The SMILES string of the molecule is CC(C)(C)OC(=O)C1C2CCC(C2)C1C(=O)OC(CS(=O)(=O)O)(C(F)(F)F)C(F)(F)F. The first-order chi connectivity index (χ1) is 13.7. The molecule has 2 aliphatic carbocycles. The number of carbonyl (C=O) groups is 2. The summed E-state index contributed by atoms with van der Waals surface area (Å²) in [5, 5.41) is 0. The maximum atomic E-state index is 13.5. The maximum absolute atomic E-state index is 13.5.